The van der Waals surface area contributed by atoms with E-state index in [2.05, 4.69) is 262 Å². The van der Waals surface area contributed by atoms with Crippen molar-refractivity contribution in [1.29, 1.82) is 0 Å². The number of aromatic nitrogens is 3. The van der Waals surface area contributed by atoms with E-state index in [1.807, 2.05) is 6.20 Å². The molecule has 0 amide bonds. The maximum absolute atomic E-state index is 5.22. The molecule has 0 bridgehead atoms. The molecule has 0 saturated heterocycles. The zero-order valence-electron chi connectivity index (χ0n) is 36.9. The molecule has 2 aliphatic heterocycles. The van der Waals surface area contributed by atoms with Crippen LogP contribution in [0.25, 0.3) is 89.2 Å². The first kappa shape index (κ1) is 38.1. The van der Waals surface area contributed by atoms with Crippen LogP contribution in [0.15, 0.2) is 249 Å². The van der Waals surface area contributed by atoms with Gasteiger partial charge in [0.2, 0.25) is 0 Å². The fourth-order valence-electron chi connectivity index (χ4n) is 11.0. The summed E-state index contributed by atoms with van der Waals surface area (Å²) >= 11 is 0. The molecule has 0 N–H and O–H groups in total. The Bertz CT molecular complexity index is 3640. The van der Waals surface area contributed by atoms with Crippen molar-refractivity contribution in [3.05, 3.63) is 249 Å². The standard InChI is InChI=1S/C63H41N5/c1-3-19-43(20-4-1)65-54-29-13-7-23-47(54)60-49-25-9-15-31-56(49)67(62(60)51-27-11-17-33-58(51)65)45-37-35-42(36-38-45)53-40-39-46(41-64-53)68-57-32-16-10-26-50(57)61-48-24-8-14-30-55(48)66(44-21-5-2-6-22-44)59-34-18-12-28-52(59)63(61)68/h1-41H. The predicted octanol–water partition coefficient (Wildman–Crippen LogP) is 16.9. The van der Waals surface area contributed by atoms with E-state index in [0.717, 1.165) is 73.5 Å². The number of benzene rings is 9. The molecule has 0 saturated carbocycles. The largest absolute Gasteiger partial charge is 0.309 e. The van der Waals surface area contributed by atoms with Crippen LogP contribution in [0.5, 0.6) is 0 Å². The Labute approximate surface area is 394 Å². The summed E-state index contributed by atoms with van der Waals surface area (Å²) in [4.78, 5) is 10.0. The first-order valence-electron chi connectivity index (χ1n) is 23.2. The van der Waals surface area contributed by atoms with Gasteiger partial charge in [-0.15, -0.1) is 0 Å². The van der Waals surface area contributed by atoms with E-state index in [-0.39, 0.29) is 0 Å². The molecule has 9 aromatic carbocycles. The molecule has 0 atom stereocenters. The Morgan fingerprint density at radius 2 is 0.662 bits per heavy atom. The van der Waals surface area contributed by atoms with Gasteiger partial charge in [0.05, 0.1) is 62.7 Å². The Hall–Kier alpha value is -9.19. The van der Waals surface area contributed by atoms with E-state index in [1.165, 1.54) is 49.8 Å². The van der Waals surface area contributed by atoms with Crippen LogP contribution < -0.4 is 9.80 Å². The van der Waals surface area contributed by atoms with Crippen LogP contribution in [-0.4, -0.2) is 14.1 Å². The van der Waals surface area contributed by atoms with Crippen LogP contribution in [-0.2, 0) is 0 Å². The van der Waals surface area contributed by atoms with Crippen molar-refractivity contribution >= 4 is 55.9 Å². The molecule has 12 aromatic rings. The minimum absolute atomic E-state index is 0.915. The van der Waals surface area contributed by atoms with E-state index in [9.17, 15) is 0 Å². The normalized spacial score (nSPS) is 12.4. The number of fused-ring (bicyclic) bond motifs is 14. The third kappa shape index (κ3) is 5.66. The second kappa shape index (κ2) is 15.2. The monoisotopic (exact) mass is 867 g/mol. The zero-order chi connectivity index (χ0) is 44.7. The Kier molecular flexibility index (Phi) is 8.52. The lowest BCUT2D eigenvalue weighted by atomic mass is 9.98. The third-order valence-corrected chi connectivity index (χ3v) is 13.8. The lowest BCUT2D eigenvalue weighted by Crippen LogP contribution is -2.11. The second-order valence-electron chi connectivity index (χ2n) is 17.5. The van der Waals surface area contributed by atoms with Gasteiger partial charge in [-0.05, 0) is 84.9 Å². The number of pyridine rings is 1. The highest BCUT2D eigenvalue weighted by atomic mass is 15.2. The molecular formula is C63H41N5. The molecule has 318 valence electrons. The molecule has 5 heteroatoms. The minimum Gasteiger partial charge on any atom is -0.309 e. The van der Waals surface area contributed by atoms with Crippen molar-refractivity contribution < 1.29 is 0 Å². The topological polar surface area (TPSA) is 29.2 Å². The first-order valence-corrected chi connectivity index (χ1v) is 23.2. The first-order chi connectivity index (χ1) is 33.8. The number of rotatable bonds is 5. The molecule has 68 heavy (non-hydrogen) atoms. The number of para-hydroxylation sites is 8. The summed E-state index contributed by atoms with van der Waals surface area (Å²) in [6, 6.07) is 87.6. The average molecular weight is 868 g/mol. The maximum atomic E-state index is 5.22. The molecule has 14 rings (SSSR count). The molecule has 2 aliphatic rings. The van der Waals surface area contributed by atoms with Gasteiger partial charge >= 0.3 is 0 Å². The average Bonchev–Trinajstić information content (AvgIpc) is 3.85. The fourth-order valence-corrected chi connectivity index (χ4v) is 11.0. The SMILES string of the molecule is c1ccc(N2c3ccccc3-c3c(n(-c4ccc(-c5ccc(-n6c7c(c8ccccc86)-c6ccccc6N(c6ccccc6)c6ccccc6-7)cn5)cc4)c4ccccc34)-c3ccccc32)cc1. The highest BCUT2D eigenvalue weighted by molar-refractivity contribution is 6.14. The van der Waals surface area contributed by atoms with E-state index in [0.29, 0.717) is 0 Å². The number of nitrogens with zero attached hydrogens (tertiary/aromatic N) is 5. The fraction of sp³-hybridized carbons (Fsp3) is 0. The van der Waals surface area contributed by atoms with Gasteiger partial charge in [0, 0.05) is 66.8 Å². The van der Waals surface area contributed by atoms with E-state index in [1.54, 1.807) is 0 Å². The Balaban J connectivity index is 0.901. The van der Waals surface area contributed by atoms with Crippen LogP contribution in [0.2, 0.25) is 0 Å². The summed E-state index contributed by atoms with van der Waals surface area (Å²) < 4.78 is 4.86. The zero-order valence-corrected chi connectivity index (χ0v) is 36.9. The van der Waals surface area contributed by atoms with Crippen LogP contribution in [0.3, 0.4) is 0 Å². The summed E-state index contributed by atoms with van der Waals surface area (Å²) in [6.45, 7) is 0. The smallest absolute Gasteiger partial charge is 0.0703 e. The summed E-state index contributed by atoms with van der Waals surface area (Å²) in [5.41, 5.74) is 22.7. The van der Waals surface area contributed by atoms with Crippen LogP contribution >= 0.6 is 0 Å². The van der Waals surface area contributed by atoms with Crippen molar-refractivity contribution in [2.75, 3.05) is 9.80 Å². The van der Waals surface area contributed by atoms with Crippen molar-refractivity contribution in [3.63, 3.8) is 0 Å². The molecule has 0 unspecified atom stereocenters. The highest BCUT2D eigenvalue weighted by Gasteiger charge is 2.33. The van der Waals surface area contributed by atoms with Crippen LogP contribution in [0.1, 0.15) is 0 Å². The Morgan fingerprint density at radius 3 is 1.13 bits per heavy atom. The summed E-state index contributed by atoms with van der Waals surface area (Å²) in [7, 11) is 0. The lowest BCUT2D eigenvalue weighted by Gasteiger charge is -2.27. The van der Waals surface area contributed by atoms with Gasteiger partial charge in [-0.2, -0.15) is 0 Å². The van der Waals surface area contributed by atoms with Crippen molar-refractivity contribution in [1.82, 2.24) is 14.1 Å². The minimum atomic E-state index is 0.915. The molecule has 3 aromatic heterocycles. The van der Waals surface area contributed by atoms with Gasteiger partial charge < -0.3 is 18.9 Å². The highest BCUT2D eigenvalue weighted by Crippen LogP contribution is 2.56. The maximum Gasteiger partial charge on any atom is 0.0703 e. The number of hydrogen-bond donors (Lipinski definition) is 0. The molecule has 0 radical (unpaired) electrons. The lowest BCUT2D eigenvalue weighted by molar-refractivity contribution is 1.11. The van der Waals surface area contributed by atoms with Crippen LogP contribution in [0, 0.1) is 0 Å². The van der Waals surface area contributed by atoms with Crippen molar-refractivity contribution in [2.24, 2.45) is 0 Å². The third-order valence-electron chi connectivity index (χ3n) is 13.8. The molecule has 5 heterocycles. The van der Waals surface area contributed by atoms with Gasteiger partial charge in [-0.1, -0.05) is 158 Å². The number of anilines is 6. The summed E-state index contributed by atoms with van der Waals surface area (Å²) in [6.07, 6.45) is 2.04. The van der Waals surface area contributed by atoms with Gasteiger partial charge in [-0.3, -0.25) is 4.98 Å². The van der Waals surface area contributed by atoms with Gasteiger partial charge in [-0.25, -0.2) is 0 Å². The molecule has 0 spiro atoms. The van der Waals surface area contributed by atoms with Crippen molar-refractivity contribution in [3.8, 4) is 67.4 Å². The van der Waals surface area contributed by atoms with Gasteiger partial charge in [0.25, 0.3) is 0 Å². The molecular weight excluding hydrogens is 827 g/mol. The van der Waals surface area contributed by atoms with Crippen LogP contribution in [0.4, 0.5) is 34.1 Å². The predicted molar refractivity (Wildman–Crippen MR) is 282 cm³/mol. The van der Waals surface area contributed by atoms with E-state index < -0.39 is 0 Å². The van der Waals surface area contributed by atoms with Crippen molar-refractivity contribution in [2.45, 2.75) is 0 Å². The summed E-state index contributed by atoms with van der Waals surface area (Å²) in [5, 5.41) is 2.42. The van der Waals surface area contributed by atoms with Gasteiger partial charge in [0.1, 0.15) is 0 Å². The molecule has 0 aliphatic carbocycles. The van der Waals surface area contributed by atoms with E-state index in [4.69, 9.17) is 4.98 Å². The Morgan fingerprint density at radius 1 is 0.279 bits per heavy atom. The van der Waals surface area contributed by atoms with E-state index >= 15 is 0 Å². The summed E-state index contributed by atoms with van der Waals surface area (Å²) in [5.74, 6) is 0. The number of hydrogen-bond acceptors (Lipinski definition) is 3. The quantitative estimate of drug-likeness (QED) is 0.173. The molecule has 5 nitrogen and oxygen atoms in total. The molecule has 0 fully saturated rings. The van der Waals surface area contributed by atoms with Gasteiger partial charge in [0.15, 0.2) is 0 Å². The second-order valence-corrected chi connectivity index (χ2v) is 17.5.